The Morgan fingerprint density at radius 1 is 1.44 bits per heavy atom. The smallest absolute Gasteiger partial charge is 0.238 e. The highest BCUT2D eigenvalue weighted by molar-refractivity contribution is 7.89. The van der Waals surface area contributed by atoms with Gasteiger partial charge in [-0.15, -0.1) is 0 Å². The van der Waals surface area contributed by atoms with E-state index in [0.29, 0.717) is 24.5 Å². The van der Waals surface area contributed by atoms with Gasteiger partial charge in [0, 0.05) is 13.7 Å². The first-order chi connectivity index (χ1) is 7.45. The van der Waals surface area contributed by atoms with Crippen LogP contribution >= 0.6 is 0 Å². The Kier molecular flexibility index (Phi) is 4.11. The number of benzene rings is 1. The van der Waals surface area contributed by atoms with Crippen molar-refractivity contribution < 1.29 is 13.2 Å². The van der Waals surface area contributed by atoms with Crippen molar-refractivity contribution in [1.82, 2.24) is 0 Å². The topological polar surface area (TPSA) is 107 Å². The summed E-state index contributed by atoms with van der Waals surface area (Å²) in [6.07, 6.45) is 0. The van der Waals surface area contributed by atoms with Gasteiger partial charge in [-0.3, -0.25) is 0 Å². The van der Waals surface area contributed by atoms with E-state index in [0.717, 1.165) is 0 Å². The molecule has 0 aliphatic rings. The molecule has 7 heteroatoms. The van der Waals surface area contributed by atoms with Crippen molar-refractivity contribution in [2.24, 2.45) is 5.14 Å². The normalized spacial score (nSPS) is 11.4. The highest BCUT2D eigenvalue weighted by atomic mass is 32.2. The fourth-order valence-electron chi connectivity index (χ4n) is 1.17. The summed E-state index contributed by atoms with van der Waals surface area (Å²) in [7, 11) is -2.11. The molecule has 1 aromatic carbocycles. The zero-order valence-electron chi connectivity index (χ0n) is 8.93. The standard InChI is InChI=1S/C9H15N3O3S/c1-15-5-4-12-9-3-2-7(6-8(9)10)16(11,13)14/h2-3,6,12H,4-5,10H2,1H3,(H2,11,13,14). The Morgan fingerprint density at radius 2 is 2.12 bits per heavy atom. The molecule has 0 heterocycles. The maximum Gasteiger partial charge on any atom is 0.238 e. The monoisotopic (exact) mass is 245 g/mol. The van der Waals surface area contributed by atoms with Gasteiger partial charge in [0.05, 0.1) is 22.9 Å². The van der Waals surface area contributed by atoms with E-state index in [1.54, 1.807) is 13.2 Å². The van der Waals surface area contributed by atoms with Crippen molar-refractivity contribution in [3.63, 3.8) is 0 Å². The molecule has 0 atom stereocenters. The molecule has 5 N–H and O–H groups in total. The number of ether oxygens (including phenoxy) is 1. The molecule has 0 aromatic heterocycles. The van der Waals surface area contributed by atoms with Crippen LogP contribution in [0.2, 0.25) is 0 Å². The molecule has 0 bridgehead atoms. The van der Waals surface area contributed by atoms with E-state index in [1.165, 1.54) is 12.1 Å². The van der Waals surface area contributed by atoms with Gasteiger partial charge in [0.1, 0.15) is 0 Å². The lowest BCUT2D eigenvalue weighted by Crippen LogP contribution is -2.13. The number of sulfonamides is 1. The molecular formula is C9H15N3O3S. The minimum atomic E-state index is -3.70. The quantitative estimate of drug-likeness (QED) is 0.499. The van der Waals surface area contributed by atoms with Crippen LogP contribution in [0.3, 0.4) is 0 Å². The van der Waals surface area contributed by atoms with Crippen LogP contribution in [0.1, 0.15) is 0 Å². The molecule has 0 aliphatic carbocycles. The van der Waals surface area contributed by atoms with Crippen molar-refractivity contribution in [3.8, 4) is 0 Å². The number of nitrogens with one attached hydrogen (secondary N) is 1. The van der Waals surface area contributed by atoms with E-state index >= 15 is 0 Å². The first kappa shape index (κ1) is 12.8. The van der Waals surface area contributed by atoms with Crippen LogP contribution in [0.5, 0.6) is 0 Å². The molecule has 0 saturated heterocycles. The van der Waals surface area contributed by atoms with Gasteiger partial charge in [0.25, 0.3) is 0 Å². The third-order valence-electron chi connectivity index (χ3n) is 1.97. The summed E-state index contributed by atoms with van der Waals surface area (Å²) in [6.45, 7) is 1.13. The minimum Gasteiger partial charge on any atom is -0.397 e. The van der Waals surface area contributed by atoms with Crippen LogP contribution in [0.4, 0.5) is 11.4 Å². The second kappa shape index (κ2) is 5.15. The van der Waals surface area contributed by atoms with Gasteiger partial charge in [-0.2, -0.15) is 0 Å². The molecule has 1 aromatic rings. The van der Waals surface area contributed by atoms with Gasteiger partial charge >= 0.3 is 0 Å². The largest absolute Gasteiger partial charge is 0.397 e. The minimum absolute atomic E-state index is 0.00212. The SMILES string of the molecule is COCCNc1ccc(S(N)(=O)=O)cc1N. The lowest BCUT2D eigenvalue weighted by atomic mass is 10.2. The summed E-state index contributed by atoms with van der Waals surface area (Å²) in [5.74, 6) is 0. The molecule has 0 saturated carbocycles. The molecule has 0 unspecified atom stereocenters. The Bertz CT molecular complexity index is 459. The molecule has 0 spiro atoms. The fraction of sp³-hybridized carbons (Fsp3) is 0.333. The summed E-state index contributed by atoms with van der Waals surface area (Å²) < 4.78 is 26.9. The lowest BCUT2D eigenvalue weighted by Gasteiger charge is -2.09. The van der Waals surface area contributed by atoms with Crippen molar-refractivity contribution in [3.05, 3.63) is 18.2 Å². The molecular weight excluding hydrogens is 230 g/mol. The van der Waals surface area contributed by atoms with Gasteiger partial charge in [-0.25, -0.2) is 13.6 Å². The van der Waals surface area contributed by atoms with Crippen LogP contribution in [-0.4, -0.2) is 28.7 Å². The molecule has 1 rings (SSSR count). The first-order valence-corrected chi connectivity index (χ1v) is 6.15. The van der Waals surface area contributed by atoms with E-state index in [9.17, 15) is 8.42 Å². The first-order valence-electron chi connectivity index (χ1n) is 4.60. The molecule has 0 fully saturated rings. The number of nitrogen functional groups attached to an aromatic ring is 1. The number of nitrogens with two attached hydrogens (primary N) is 2. The molecule has 0 radical (unpaired) electrons. The predicted molar refractivity (Wildman–Crippen MR) is 62.6 cm³/mol. The van der Waals surface area contributed by atoms with Gasteiger partial charge in [-0.1, -0.05) is 0 Å². The van der Waals surface area contributed by atoms with Gasteiger partial charge in [0.15, 0.2) is 0 Å². The molecule has 90 valence electrons. The van der Waals surface area contributed by atoms with Crippen LogP contribution in [0.25, 0.3) is 0 Å². The summed E-state index contributed by atoms with van der Waals surface area (Å²) in [5, 5.41) is 7.98. The number of primary sulfonamides is 1. The van der Waals surface area contributed by atoms with Crippen molar-refractivity contribution in [2.75, 3.05) is 31.3 Å². The third-order valence-corrected chi connectivity index (χ3v) is 2.88. The van der Waals surface area contributed by atoms with Crippen LogP contribution in [0.15, 0.2) is 23.1 Å². The Balaban J connectivity index is 2.84. The highest BCUT2D eigenvalue weighted by Gasteiger charge is 2.09. The summed E-state index contributed by atoms with van der Waals surface area (Å²) in [4.78, 5) is 0.00212. The van der Waals surface area contributed by atoms with E-state index in [1.807, 2.05) is 0 Å². The number of anilines is 2. The molecule has 0 aliphatic heterocycles. The average Bonchev–Trinajstić information content (AvgIpc) is 2.19. The zero-order chi connectivity index (χ0) is 12.2. The van der Waals surface area contributed by atoms with E-state index in [-0.39, 0.29) is 4.90 Å². The number of rotatable bonds is 5. The van der Waals surface area contributed by atoms with Crippen LogP contribution in [0, 0.1) is 0 Å². The van der Waals surface area contributed by atoms with Crippen LogP contribution in [-0.2, 0) is 14.8 Å². The summed E-state index contributed by atoms with van der Waals surface area (Å²) >= 11 is 0. The average molecular weight is 245 g/mol. The van der Waals surface area contributed by atoms with Crippen molar-refractivity contribution in [1.29, 1.82) is 0 Å². The van der Waals surface area contributed by atoms with Gasteiger partial charge in [-0.05, 0) is 18.2 Å². The fourth-order valence-corrected chi connectivity index (χ4v) is 1.72. The number of hydrogen-bond acceptors (Lipinski definition) is 5. The van der Waals surface area contributed by atoms with Crippen molar-refractivity contribution in [2.45, 2.75) is 4.90 Å². The second-order valence-electron chi connectivity index (χ2n) is 3.21. The molecule has 0 amide bonds. The van der Waals surface area contributed by atoms with Crippen LogP contribution < -0.4 is 16.2 Å². The van der Waals surface area contributed by atoms with E-state index < -0.39 is 10.0 Å². The summed E-state index contributed by atoms with van der Waals surface area (Å²) in [6, 6.07) is 4.30. The molecule has 16 heavy (non-hydrogen) atoms. The maximum atomic E-state index is 11.0. The van der Waals surface area contributed by atoms with E-state index in [4.69, 9.17) is 15.6 Å². The van der Waals surface area contributed by atoms with Gasteiger partial charge < -0.3 is 15.8 Å². The Morgan fingerprint density at radius 3 is 2.62 bits per heavy atom. The third kappa shape index (κ3) is 3.37. The number of hydrogen-bond donors (Lipinski definition) is 3. The Hall–Kier alpha value is -1.31. The second-order valence-corrected chi connectivity index (χ2v) is 4.78. The predicted octanol–water partition coefficient (Wildman–Crippen LogP) is -0.0255. The Labute approximate surface area is 94.6 Å². The highest BCUT2D eigenvalue weighted by Crippen LogP contribution is 2.21. The zero-order valence-corrected chi connectivity index (χ0v) is 9.75. The lowest BCUT2D eigenvalue weighted by molar-refractivity contribution is 0.211. The maximum absolute atomic E-state index is 11.0. The number of methoxy groups -OCH3 is 1. The summed E-state index contributed by atoms with van der Waals surface area (Å²) in [5.41, 5.74) is 6.67. The van der Waals surface area contributed by atoms with Crippen molar-refractivity contribution >= 4 is 21.4 Å². The van der Waals surface area contributed by atoms with E-state index in [2.05, 4.69) is 5.32 Å². The molecule has 6 nitrogen and oxygen atoms in total. The van der Waals surface area contributed by atoms with Gasteiger partial charge in [0.2, 0.25) is 10.0 Å².